The minimum absolute atomic E-state index is 0.0369. The molecule has 5 rings (SSSR count). The molecule has 5 nitrogen and oxygen atoms in total. The Morgan fingerprint density at radius 3 is 2.43 bits per heavy atom. The van der Waals surface area contributed by atoms with Crippen LogP contribution in [0.25, 0.3) is 5.70 Å². The standard InChI is InChI=1S/C29H24Cl3NO4/c30-22-2-1-3-23(31)27(22)28(33)21(29(35)17-5-6-17)15-36-19-8-9-20(24(32)13-19)26-11-7-18-12-16(14-34)4-10-25(18)37-26/h1-4,8-10,12-14,17,26H,5-7,11,15,33H2. The number of aryl methyl sites for hydroxylation is 1. The fourth-order valence-corrected chi connectivity index (χ4v) is 5.39. The molecule has 1 aliphatic heterocycles. The summed E-state index contributed by atoms with van der Waals surface area (Å²) < 4.78 is 12.2. The molecule has 0 aromatic heterocycles. The lowest BCUT2D eigenvalue weighted by Gasteiger charge is -2.27. The highest BCUT2D eigenvalue weighted by molar-refractivity contribution is 6.37. The molecular formula is C29H24Cl3NO4. The molecule has 1 fully saturated rings. The van der Waals surface area contributed by atoms with Gasteiger partial charge in [-0.3, -0.25) is 9.59 Å². The molecule has 8 heteroatoms. The quantitative estimate of drug-likeness (QED) is 0.233. The van der Waals surface area contributed by atoms with Crippen molar-refractivity contribution >= 4 is 52.6 Å². The number of hydrogen-bond acceptors (Lipinski definition) is 5. The lowest BCUT2D eigenvalue weighted by atomic mass is 9.96. The van der Waals surface area contributed by atoms with E-state index in [0.29, 0.717) is 37.5 Å². The number of nitrogens with two attached hydrogens (primary N) is 1. The molecule has 3 aromatic carbocycles. The Labute approximate surface area is 230 Å². The van der Waals surface area contributed by atoms with Gasteiger partial charge in [-0.2, -0.15) is 0 Å². The maximum absolute atomic E-state index is 13.1. The summed E-state index contributed by atoms with van der Waals surface area (Å²) in [6.07, 6.45) is 3.77. The third-order valence-corrected chi connectivity index (χ3v) is 7.63. The maximum Gasteiger partial charge on any atom is 0.167 e. The minimum Gasteiger partial charge on any atom is -0.489 e. The molecule has 0 amide bonds. The summed E-state index contributed by atoms with van der Waals surface area (Å²) in [5, 5.41) is 1.24. The number of benzene rings is 3. The first-order chi connectivity index (χ1) is 17.9. The Morgan fingerprint density at radius 2 is 1.76 bits per heavy atom. The van der Waals surface area contributed by atoms with Gasteiger partial charge >= 0.3 is 0 Å². The summed E-state index contributed by atoms with van der Waals surface area (Å²) in [6.45, 7) is -0.0369. The second-order valence-corrected chi connectivity index (χ2v) is 10.5. The average molecular weight is 557 g/mol. The third kappa shape index (κ3) is 5.49. The van der Waals surface area contributed by atoms with Gasteiger partial charge < -0.3 is 15.2 Å². The van der Waals surface area contributed by atoms with Crippen LogP contribution in [-0.2, 0) is 11.2 Å². The van der Waals surface area contributed by atoms with Crippen LogP contribution in [0.4, 0.5) is 0 Å². The van der Waals surface area contributed by atoms with E-state index in [0.717, 1.165) is 48.8 Å². The summed E-state index contributed by atoms with van der Waals surface area (Å²) in [5.41, 5.74) is 9.91. The summed E-state index contributed by atoms with van der Waals surface area (Å²) in [5.74, 6) is 1.14. The van der Waals surface area contributed by atoms with E-state index in [-0.39, 0.29) is 30.1 Å². The summed E-state index contributed by atoms with van der Waals surface area (Å²) in [7, 11) is 0. The molecule has 0 spiro atoms. The number of aldehydes is 1. The van der Waals surface area contributed by atoms with Gasteiger partial charge in [0.2, 0.25) is 0 Å². The van der Waals surface area contributed by atoms with Gasteiger partial charge in [0.25, 0.3) is 0 Å². The van der Waals surface area contributed by atoms with Gasteiger partial charge in [-0.05, 0) is 73.7 Å². The lowest BCUT2D eigenvalue weighted by Crippen LogP contribution is -2.19. The first-order valence-electron chi connectivity index (χ1n) is 12.0. The zero-order chi connectivity index (χ0) is 26.1. The second-order valence-electron chi connectivity index (χ2n) is 9.23. The number of carbonyl (C=O) groups is 2. The molecule has 1 heterocycles. The molecule has 1 unspecified atom stereocenters. The van der Waals surface area contributed by atoms with Crippen molar-refractivity contribution in [3.63, 3.8) is 0 Å². The van der Waals surface area contributed by atoms with Crippen molar-refractivity contribution in [2.24, 2.45) is 11.7 Å². The molecule has 0 radical (unpaired) electrons. The van der Waals surface area contributed by atoms with Crippen molar-refractivity contribution in [1.82, 2.24) is 0 Å². The van der Waals surface area contributed by atoms with E-state index in [1.54, 1.807) is 36.4 Å². The molecule has 1 aliphatic carbocycles. The molecule has 1 atom stereocenters. The predicted molar refractivity (Wildman–Crippen MR) is 146 cm³/mol. The number of ether oxygens (including phenoxy) is 2. The Morgan fingerprint density at radius 1 is 1.00 bits per heavy atom. The number of carbonyl (C=O) groups excluding carboxylic acids is 2. The minimum atomic E-state index is -0.221. The number of halogens is 3. The van der Waals surface area contributed by atoms with Crippen LogP contribution in [-0.4, -0.2) is 18.7 Å². The topological polar surface area (TPSA) is 78.6 Å². The fourth-order valence-electron chi connectivity index (χ4n) is 4.49. The van der Waals surface area contributed by atoms with Gasteiger partial charge in [0, 0.05) is 22.6 Å². The van der Waals surface area contributed by atoms with Gasteiger partial charge in [-0.15, -0.1) is 0 Å². The van der Waals surface area contributed by atoms with Gasteiger partial charge in [0.15, 0.2) is 5.78 Å². The maximum atomic E-state index is 13.1. The Bertz CT molecular complexity index is 1390. The van der Waals surface area contributed by atoms with Crippen LogP contribution in [0.15, 0.2) is 60.2 Å². The van der Waals surface area contributed by atoms with E-state index in [1.807, 2.05) is 18.2 Å². The zero-order valence-electron chi connectivity index (χ0n) is 19.8. The van der Waals surface area contributed by atoms with Crippen LogP contribution in [0.5, 0.6) is 11.5 Å². The first kappa shape index (κ1) is 25.7. The molecule has 2 aliphatic rings. The molecule has 1 saturated carbocycles. The van der Waals surface area contributed by atoms with Crippen LogP contribution in [0.3, 0.4) is 0 Å². The monoisotopic (exact) mass is 555 g/mol. The van der Waals surface area contributed by atoms with Crippen molar-refractivity contribution in [3.05, 3.63) is 97.5 Å². The van der Waals surface area contributed by atoms with E-state index in [4.69, 9.17) is 50.0 Å². The molecule has 37 heavy (non-hydrogen) atoms. The number of hydrogen-bond donors (Lipinski definition) is 1. The van der Waals surface area contributed by atoms with E-state index in [9.17, 15) is 9.59 Å². The fraction of sp³-hybridized carbons (Fsp3) is 0.241. The highest BCUT2D eigenvalue weighted by atomic mass is 35.5. The second kappa shape index (κ2) is 10.8. The smallest absolute Gasteiger partial charge is 0.167 e. The summed E-state index contributed by atoms with van der Waals surface area (Å²) in [4.78, 5) is 24.1. The molecule has 0 bridgehead atoms. The van der Waals surface area contributed by atoms with Gasteiger partial charge in [0.1, 0.15) is 30.5 Å². The van der Waals surface area contributed by atoms with Gasteiger partial charge in [0.05, 0.1) is 26.3 Å². The number of Topliss-reactive ketones (excluding diaryl/α,β-unsaturated/α-hetero) is 1. The van der Waals surface area contributed by atoms with Crippen molar-refractivity contribution in [2.45, 2.75) is 31.8 Å². The zero-order valence-corrected chi connectivity index (χ0v) is 22.1. The average Bonchev–Trinajstić information content (AvgIpc) is 3.74. The van der Waals surface area contributed by atoms with Crippen molar-refractivity contribution in [2.75, 3.05) is 6.61 Å². The predicted octanol–water partition coefficient (Wildman–Crippen LogP) is 7.25. The van der Waals surface area contributed by atoms with Gasteiger partial charge in [-0.25, -0.2) is 0 Å². The lowest BCUT2D eigenvalue weighted by molar-refractivity contribution is -0.116. The van der Waals surface area contributed by atoms with Crippen LogP contribution < -0.4 is 15.2 Å². The third-order valence-electron chi connectivity index (χ3n) is 6.67. The van der Waals surface area contributed by atoms with Crippen LogP contribution in [0.2, 0.25) is 15.1 Å². The van der Waals surface area contributed by atoms with E-state index in [2.05, 4.69) is 0 Å². The van der Waals surface area contributed by atoms with Crippen LogP contribution >= 0.6 is 34.8 Å². The summed E-state index contributed by atoms with van der Waals surface area (Å²) >= 11 is 19.3. The van der Waals surface area contributed by atoms with Crippen LogP contribution in [0, 0.1) is 5.92 Å². The Hall–Kier alpha value is -2.99. The van der Waals surface area contributed by atoms with E-state index < -0.39 is 0 Å². The Kier molecular flexibility index (Phi) is 7.47. The highest BCUT2D eigenvalue weighted by Crippen LogP contribution is 2.39. The van der Waals surface area contributed by atoms with Crippen molar-refractivity contribution in [3.8, 4) is 11.5 Å². The SMILES string of the molecule is NC(=C(COc1ccc(C2CCc3cc(C=O)ccc3O2)c(Cl)c1)C(=O)C1CC1)c1c(Cl)cccc1Cl. The molecule has 190 valence electrons. The number of ketones is 1. The van der Waals surface area contributed by atoms with E-state index >= 15 is 0 Å². The molecular weight excluding hydrogens is 533 g/mol. The summed E-state index contributed by atoms with van der Waals surface area (Å²) in [6, 6.07) is 15.9. The van der Waals surface area contributed by atoms with Crippen molar-refractivity contribution in [1.29, 1.82) is 0 Å². The number of fused-ring (bicyclic) bond motifs is 1. The largest absolute Gasteiger partial charge is 0.489 e. The molecule has 3 aromatic rings. The Balaban J connectivity index is 1.35. The normalized spacial score (nSPS) is 17.3. The first-order valence-corrected chi connectivity index (χ1v) is 13.1. The highest BCUT2D eigenvalue weighted by Gasteiger charge is 2.34. The number of rotatable bonds is 8. The van der Waals surface area contributed by atoms with Crippen molar-refractivity contribution < 1.29 is 19.1 Å². The molecule has 0 saturated heterocycles. The van der Waals surface area contributed by atoms with Gasteiger partial charge in [-0.1, -0.05) is 46.9 Å². The molecule has 2 N–H and O–H groups in total. The van der Waals surface area contributed by atoms with E-state index in [1.165, 1.54) is 0 Å². The van der Waals surface area contributed by atoms with Crippen LogP contribution in [0.1, 0.15) is 52.4 Å².